The number of phenols is 1. The summed E-state index contributed by atoms with van der Waals surface area (Å²) in [6, 6.07) is 5.38. The Morgan fingerprint density at radius 1 is 1.38 bits per heavy atom. The van der Waals surface area contributed by atoms with Crippen LogP contribution < -0.4 is 0 Å². The molecule has 0 bridgehead atoms. The molecule has 0 saturated carbocycles. The zero-order valence-corrected chi connectivity index (χ0v) is 8.25. The van der Waals surface area contributed by atoms with Crippen LogP contribution in [-0.2, 0) is 0 Å². The van der Waals surface area contributed by atoms with Gasteiger partial charge in [0.25, 0.3) is 0 Å². The Morgan fingerprint density at radius 3 is 2.85 bits per heavy atom. The van der Waals surface area contributed by atoms with Crippen LogP contribution in [0.15, 0.2) is 35.2 Å². The van der Waals surface area contributed by atoms with Gasteiger partial charge in [0.1, 0.15) is 5.75 Å². The maximum absolute atomic E-state index is 9.42. The lowest BCUT2D eigenvalue weighted by Crippen LogP contribution is -1.77. The van der Waals surface area contributed by atoms with E-state index in [9.17, 15) is 5.11 Å². The van der Waals surface area contributed by atoms with Crippen LogP contribution in [0.4, 0.5) is 0 Å². The Hall–Kier alpha value is -1.29. The molecule has 1 aromatic carbocycles. The van der Waals surface area contributed by atoms with Crippen LogP contribution in [-0.4, -0.2) is 15.1 Å². The van der Waals surface area contributed by atoms with Crippen molar-refractivity contribution in [2.45, 2.75) is 0 Å². The fourth-order valence-electron chi connectivity index (χ4n) is 1.09. The smallest absolute Gasteiger partial charge is 0.130 e. The molecule has 3 nitrogen and oxygen atoms in total. The lowest BCUT2D eigenvalue weighted by atomic mass is 10.2. The lowest BCUT2D eigenvalue weighted by Gasteiger charge is -2.00. The van der Waals surface area contributed by atoms with Gasteiger partial charge in [0.2, 0.25) is 0 Å². The van der Waals surface area contributed by atoms with Crippen molar-refractivity contribution in [3.63, 3.8) is 0 Å². The van der Waals surface area contributed by atoms with Gasteiger partial charge >= 0.3 is 0 Å². The molecule has 0 spiro atoms. The van der Waals surface area contributed by atoms with E-state index >= 15 is 0 Å². The van der Waals surface area contributed by atoms with E-state index in [1.807, 2.05) is 6.07 Å². The predicted octanol–water partition coefficient (Wildman–Crippen LogP) is 2.54. The van der Waals surface area contributed by atoms with Crippen LogP contribution in [0.2, 0.25) is 0 Å². The van der Waals surface area contributed by atoms with E-state index in [2.05, 4.69) is 25.9 Å². The van der Waals surface area contributed by atoms with Crippen molar-refractivity contribution in [1.82, 2.24) is 9.97 Å². The number of aromatic amines is 1. The highest BCUT2D eigenvalue weighted by molar-refractivity contribution is 9.10. The molecule has 0 saturated heterocycles. The fraction of sp³-hybridized carbons (Fsp3) is 0. The van der Waals surface area contributed by atoms with Gasteiger partial charge in [-0.05, 0) is 28.1 Å². The van der Waals surface area contributed by atoms with Crippen molar-refractivity contribution in [1.29, 1.82) is 0 Å². The van der Waals surface area contributed by atoms with Gasteiger partial charge < -0.3 is 10.1 Å². The van der Waals surface area contributed by atoms with E-state index in [0.717, 1.165) is 11.3 Å². The number of hydrogen-bond acceptors (Lipinski definition) is 2. The van der Waals surface area contributed by atoms with E-state index < -0.39 is 0 Å². The van der Waals surface area contributed by atoms with Gasteiger partial charge in [0, 0.05) is 5.56 Å². The molecule has 4 heteroatoms. The van der Waals surface area contributed by atoms with E-state index in [4.69, 9.17) is 0 Å². The molecule has 66 valence electrons. The first-order valence-corrected chi connectivity index (χ1v) is 4.54. The molecule has 0 aliphatic carbocycles. The molecule has 1 aromatic heterocycles. The first-order chi connectivity index (χ1) is 6.27. The van der Waals surface area contributed by atoms with Crippen molar-refractivity contribution >= 4 is 15.9 Å². The minimum absolute atomic E-state index is 0.229. The third kappa shape index (κ3) is 1.58. The normalized spacial score (nSPS) is 10.2. The summed E-state index contributed by atoms with van der Waals surface area (Å²) in [7, 11) is 0. The number of H-pyrrole nitrogens is 1. The Bertz CT molecular complexity index is 412. The van der Waals surface area contributed by atoms with Crippen LogP contribution in [0, 0.1) is 0 Å². The highest BCUT2D eigenvalue weighted by atomic mass is 79.9. The number of aromatic hydroxyl groups is 1. The van der Waals surface area contributed by atoms with Crippen LogP contribution in [0.3, 0.4) is 0 Å². The molecule has 13 heavy (non-hydrogen) atoms. The molecule has 2 rings (SSSR count). The average molecular weight is 239 g/mol. The minimum atomic E-state index is 0.229. The van der Waals surface area contributed by atoms with E-state index in [-0.39, 0.29) is 5.75 Å². The van der Waals surface area contributed by atoms with E-state index in [1.54, 1.807) is 24.7 Å². The number of benzene rings is 1. The topological polar surface area (TPSA) is 48.9 Å². The molecule has 0 unspecified atom stereocenters. The van der Waals surface area contributed by atoms with Gasteiger partial charge in [-0.15, -0.1) is 0 Å². The second-order valence-corrected chi connectivity index (χ2v) is 3.49. The van der Waals surface area contributed by atoms with Gasteiger partial charge in [-0.25, -0.2) is 4.98 Å². The maximum Gasteiger partial charge on any atom is 0.130 e. The van der Waals surface area contributed by atoms with Crippen molar-refractivity contribution in [2.75, 3.05) is 0 Å². The summed E-state index contributed by atoms with van der Waals surface area (Å²) < 4.78 is 0.691. The summed E-state index contributed by atoms with van der Waals surface area (Å²) in [5.41, 5.74) is 1.81. The number of hydrogen-bond donors (Lipinski definition) is 2. The van der Waals surface area contributed by atoms with Gasteiger partial charge in [0.15, 0.2) is 0 Å². The van der Waals surface area contributed by atoms with E-state index in [1.165, 1.54) is 0 Å². The van der Waals surface area contributed by atoms with E-state index in [0.29, 0.717) is 4.47 Å². The van der Waals surface area contributed by atoms with Crippen molar-refractivity contribution in [2.24, 2.45) is 0 Å². The molecule has 0 radical (unpaired) electrons. The van der Waals surface area contributed by atoms with Crippen LogP contribution in [0.25, 0.3) is 11.3 Å². The van der Waals surface area contributed by atoms with Gasteiger partial charge in [-0.3, -0.25) is 0 Å². The number of rotatable bonds is 1. The Kier molecular flexibility index (Phi) is 2.06. The SMILES string of the molecule is Oc1cc(-c2cnc[nH]2)ccc1Br. The fourth-order valence-corrected chi connectivity index (χ4v) is 1.34. The van der Waals surface area contributed by atoms with Crippen molar-refractivity contribution < 1.29 is 5.11 Å². The summed E-state index contributed by atoms with van der Waals surface area (Å²) in [4.78, 5) is 6.86. The van der Waals surface area contributed by atoms with Gasteiger partial charge in [-0.2, -0.15) is 0 Å². The third-order valence-corrected chi connectivity index (χ3v) is 2.43. The van der Waals surface area contributed by atoms with Crippen molar-refractivity contribution in [3.8, 4) is 17.0 Å². The Morgan fingerprint density at radius 2 is 2.23 bits per heavy atom. The zero-order chi connectivity index (χ0) is 9.26. The second-order valence-electron chi connectivity index (χ2n) is 2.63. The Balaban J connectivity index is 2.49. The van der Waals surface area contributed by atoms with Crippen LogP contribution in [0.5, 0.6) is 5.75 Å². The maximum atomic E-state index is 9.42. The molecular weight excluding hydrogens is 232 g/mol. The molecule has 0 atom stereocenters. The quantitative estimate of drug-likeness (QED) is 0.803. The largest absolute Gasteiger partial charge is 0.507 e. The average Bonchev–Trinajstić information content (AvgIpc) is 2.62. The lowest BCUT2D eigenvalue weighted by molar-refractivity contribution is 0.472. The second kappa shape index (κ2) is 3.22. The Labute approximate surface area is 83.6 Å². The first kappa shape index (κ1) is 8.31. The monoisotopic (exact) mass is 238 g/mol. The molecule has 0 aliphatic heterocycles. The third-order valence-electron chi connectivity index (χ3n) is 1.76. The van der Waals surface area contributed by atoms with Gasteiger partial charge in [-0.1, -0.05) is 6.07 Å². The number of nitrogens with one attached hydrogen (secondary N) is 1. The molecule has 0 aliphatic rings. The number of aromatic nitrogens is 2. The molecular formula is C9H7BrN2O. The van der Waals surface area contributed by atoms with Crippen LogP contribution >= 0.6 is 15.9 Å². The zero-order valence-electron chi connectivity index (χ0n) is 6.66. The molecule has 0 amide bonds. The highest BCUT2D eigenvalue weighted by Gasteiger charge is 2.02. The molecule has 2 aromatic rings. The summed E-state index contributed by atoms with van der Waals surface area (Å²) in [5, 5.41) is 9.42. The van der Waals surface area contributed by atoms with Crippen LogP contribution in [0.1, 0.15) is 0 Å². The number of halogens is 1. The van der Waals surface area contributed by atoms with Gasteiger partial charge in [0.05, 0.1) is 22.7 Å². The summed E-state index contributed by atoms with van der Waals surface area (Å²) in [5.74, 6) is 0.229. The summed E-state index contributed by atoms with van der Waals surface area (Å²) in [6.45, 7) is 0. The molecule has 0 fully saturated rings. The summed E-state index contributed by atoms with van der Waals surface area (Å²) >= 11 is 3.22. The standard InChI is InChI=1S/C9H7BrN2O/c10-7-2-1-6(3-9(7)13)8-4-11-5-12-8/h1-5,13H,(H,11,12). The molecule has 2 N–H and O–H groups in total. The predicted molar refractivity (Wildman–Crippen MR) is 53.4 cm³/mol. The number of phenolic OH excluding ortho intramolecular Hbond substituents is 1. The van der Waals surface area contributed by atoms with Crippen molar-refractivity contribution in [3.05, 3.63) is 35.2 Å². The summed E-state index contributed by atoms with van der Waals surface area (Å²) in [6.07, 6.45) is 3.32. The number of nitrogens with zero attached hydrogens (tertiary/aromatic N) is 1. The highest BCUT2D eigenvalue weighted by Crippen LogP contribution is 2.28. The number of imidazole rings is 1. The first-order valence-electron chi connectivity index (χ1n) is 3.74. The molecule has 1 heterocycles. The minimum Gasteiger partial charge on any atom is -0.507 e.